The third-order valence-corrected chi connectivity index (χ3v) is 7.42. The molecule has 0 aromatic carbocycles. The number of rotatable bonds is 0. The predicted octanol–water partition coefficient (Wildman–Crippen LogP) is 4.70. The molecule has 4 aliphatic heterocycles. The van der Waals surface area contributed by atoms with Gasteiger partial charge in [-0.3, -0.25) is 9.80 Å². The molecule has 4 aliphatic rings. The summed E-state index contributed by atoms with van der Waals surface area (Å²) in [6.07, 6.45) is 9.83. The van der Waals surface area contributed by atoms with Gasteiger partial charge in [-0.2, -0.15) is 0 Å². The fraction of sp³-hybridized carbons (Fsp3) is 1.00. The Labute approximate surface area is 165 Å². The van der Waals surface area contributed by atoms with Crippen LogP contribution in [0.3, 0.4) is 0 Å². The van der Waals surface area contributed by atoms with E-state index in [-0.39, 0.29) is 0 Å². The highest BCUT2D eigenvalue weighted by Gasteiger charge is 2.42. The van der Waals surface area contributed by atoms with E-state index in [9.17, 15) is 0 Å². The fourth-order valence-electron chi connectivity index (χ4n) is 5.57. The molecular weight excluding hydrogens is 314 g/mol. The van der Waals surface area contributed by atoms with Crippen molar-refractivity contribution in [2.75, 3.05) is 26.2 Å². The lowest BCUT2D eigenvalue weighted by Gasteiger charge is -2.47. The van der Waals surface area contributed by atoms with Gasteiger partial charge in [0.15, 0.2) is 0 Å². The quantitative estimate of drug-likeness (QED) is 0.581. The van der Waals surface area contributed by atoms with Crippen molar-refractivity contribution >= 4 is 14.6 Å². The van der Waals surface area contributed by atoms with Crippen LogP contribution in [0.4, 0.5) is 0 Å². The summed E-state index contributed by atoms with van der Waals surface area (Å²) in [6, 6.07) is 0. The molecule has 26 heavy (non-hydrogen) atoms. The average molecular weight is 356 g/mol. The Morgan fingerprint density at radius 2 is 1.42 bits per heavy atom. The van der Waals surface area contributed by atoms with Crippen LogP contribution in [0.15, 0.2) is 0 Å². The number of likely N-dealkylation sites (tertiary alicyclic amines) is 2. The molecule has 0 aliphatic carbocycles. The molecule has 4 heteroatoms. The molecule has 3 unspecified atom stereocenters. The Morgan fingerprint density at radius 1 is 0.808 bits per heavy atom. The van der Waals surface area contributed by atoms with Crippen LogP contribution in [0.25, 0.3) is 0 Å². The molecule has 0 N–H and O–H groups in total. The summed E-state index contributed by atoms with van der Waals surface area (Å²) in [4.78, 5) is 5.34. The molecular formula is C22H42B2N2. The van der Waals surface area contributed by atoms with Crippen LogP contribution in [0.2, 0.25) is 25.3 Å². The maximum Gasteiger partial charge on any atom is 0.110 e. The molecule has 3 atom stereocenters. The number of hydrogen-bond acceptors (Lipinski definition) is 2. The maximum atomic E-state index is 2.68. The van der Waals surface area contributed by atoms with Gasteiger partial charge in [-0.1, -0.05) is 31.7 Å². The Morgan fingerprint density at radius 3 is 1.88 bits per heavy atom. The Bertz CT molecular complexity index is 448. The topological polar surface area (TPSA) is 6.48 Å². The van der Waals surface area contributed by atoms with E-state index in [1.165, 1.54) is 70.7 Å². The van der Waals surface area contributed by atoms with Crippen molar-refractivity contribution in [3.05, 3.63) is 0 Å². The normalized spacial score (nSPS) is 35.6. The molecule has 0 aromatic heterocycles. The van der Waals surface area contributed by atoms with Gasteiger partial charge in [-0.15, -0.1) is 0 Å². The van der Waals surface area contributed by atoms with Crippen molar-refractivity contribution in [2.24, 2.45) is 17.3 Å². The van der Waals surface area contributed by atoms with Crippen LogP contribution in [-0.2, 0) is 0 Å². The summed E-state index contributed by atoms with van der Waals surface area (Å²) < 4.78 is 0. The Hall–Kier alpha value is 0.0499. The van der Waals surface area contributed by atoms with Gasteiger partial charge in [0.25, 0.3) is 0 Å². The van der Waals surface area contributed by atoms with Gasteiger partial charge in [-0.05, 0) is 78.2 Å². The second kappa shape index (κ2) is 7.82. The number of piperidine rings is 1. The molecule has 4 fully saturated rings. The minimum absolute atomic E-state index is 0.381. The summed E-state index contributed by atoms with van der Waals surface area (Å²) in [6.45, 7) is 19.4. The molecule has 2 radical (unpaired) electrons. The molecule has 0 saturated carbocycles. The van der Waals surface area contributed by atoms with Crippen molar-refractivity contribution in [2.45, 2.75) is 97.2 Å². The molecule has 146 valence electrons. The molecule has 4 rings (SSSR count). The summed E-state index contributed by atoms with van der Waals surface area (Å²) >= 11 is 0. The van der Waals surface area contributed by atoms with Gasteiger partial charge < -0.3 is 0 Å². The highest BCUT2D eigenvalue weighted by Crippen LogP contribution is 2.45. The van der Waals surface area contributed by atoms with Crippen LogP contribution in [-0.4, -0.2) is 61.6 Å². The van der Waals surface area contributed by atoms with Crippen molar-refractivity contribution in [1.29, 1.82) is 0 Å². The van der Waals surface area contributed by atoms with E-state index in [0.29, 0.717) is 16.5 Å². The van der Waals surface area contributed by atoms with E-state index in [1.807, 2.05) is 0 Å². The zero-order valence-corrected chi connectivity index (χ0v) is 18.5. The lowest BCUT2D eigenvalue weighted by atomic mass is 9.55. The lowest BCUT2D eigenvalue weighted by molar-refractivity contribution is 0.0526. The van der Waals surface area contributed by atoms with E-state index >= 15 is 0 Å². The molecule has 4 heterocycles. The minimum Gasteiger partial charge on any atom is -0.298 e. The van der Waals surface area contributed by atoms with Gasteiger partial charge in [-0.25, -0.2) is 0 Å². The van der Waals surface area contributed by atoms with Crippen LogP contribution < -0.4 is 0 Å². The zero-order chi connectivity index (χ0) is 19.0. The first-order valence-electron chi connectivity index (χ1n) is 11.2. The minimum atomic E-state index is 0.381. The lowest BCUT2D eigenvalue weighted by Crippen LogP contribution is -2.51. The Kier molecular flexibility index (Phi) is 6.25. The SMILES string of the molecule is CC(C)(C)N1CC2C[B]CC(C2)C1.CC(C)(C)N1CCC2(C[B]CC2)C1. The average Bonchev–Trinajstić information content (AvgIpc) is 3.17. The van der Waals surface area contributed by atoms with Crippen molar-refractivity contribution in [3.63, 3.8) is 0 Å². The number of nitrogens with zero attached hydrogens (tertiary/aromatic N) is 2. The highest BCUT2D eigenvalue weighted by molar-refractivity contribution is 6.37. The van der Waals surface area contributed by atoms with E-state index in [1.54, 1.807) is 0 Å². The first kappa shape index (κ1) is 20.8. The third-order valence-electron chi connectivity index (χ3n) is 7.42. The zero-order valence-electron chi connectivity index (χ0n) is 18.5. The summed E-state index contributed by atoms with van der Waals surface area (Å²) in [7, 11) is 5.00. The smallest absolute Gasteiger partial charge is 0.110 e. The predicted molar refractivity (Wildman–Crippen MR) is 117 cm³/mol. The summed E-state index contributed by atoms with van der Waals surface area (Å²) in [5, 5.41) is 0. The largest absolute Gasteiger partial charge is 0.298 e. The molecule has 2 nitrogen and oxygen atoms in total. The Balaban J connectivity index is 0.000000151. The van der Waals surface area contributed by atoms with Crippen molar-refractivity contribution < 1.29 is 0 Å². The third kappa shape index (κ3) is 5.10. The van der Waals surface area contributed by atoms with Crippen LogP contribution in [0.1, 0.15) is 60.8 Å². The standard InChI is InChI=1S/2C11H21BN/c1-11(2,3)13-7-9-4-10(8-13)6-12-5-9;1-10(2,3)13-7-5-11(9-13)4-6-12-8-11/h9-10H,4-8H2,1-3H3;4-9H2,1-3H3. The second-order valence-electron chi connectivity index (χ2n) is 11.7. The molecule has 1 spiro atoms. The van der Waals surface area contributed by atoms with Crippen molar-refractivity contribution in [1.82, 2.24) is 9.80 Å². The molecule has 0 aromatic rings. The van der Waals surface area contributed by atoms with Gasteiger partial charge >= 0.3 is 0 Å². The van der Waals surface area contributed by atoms with E-state index in [0.717, 1.165) is 11.8 Å². The van der Waals surface area contributed by atoms with E-state index in [4.69, 9.17) is 0 Å². The number of fused-ring (bicyclic) bond motifs is 2. The van der Waals surface area contributed by atoms with Gasteiger partial charge in [0.05, 0.1) is 0 Å². The van der Waals surface area contributed by atoms with Crippen LogP contribution >= 0.6 is 0 Å². The first-order valence-corrected chi connectivity index (χ1v) is 11.2. The van der Waals surface area contributed by atoms with Crippen molar-refractivity contribution in [3.8, 4) is 0 Å². The van der Waals surface area contributed by atoms with Gasteiger partial charge in [0, 0.05) is 30.7 Å². The van der Waals surface area contributed by atoms with E-state index in [2.05, 4.69) is 65.9 Å². The molecule has 2 bridgehead atoms. The summed E-state index contributed by atoms with van der Waals surface area (Å²) in [5.74, 6) is 1.93. The monoisotopic (exact) mass is 356 g/mol. The second-order valence-corrected chi connectivity index (χ2v) is 11.7. The highest BCUT2D eigenvalue weighted by atomic mass is 15.2. The number of hydrogen-bond donors (Lipinski definition) is 0. The van der Waals surface area contributed by atoms with Gasteiger partial charge in [0.1, 0.15) is 14.6 Å². The van der Waals surface area contributed by atoms with Gasteiger partial charge in [0.2, 0.25) is 0 Å². The summed E-state index contributed by atoms with van der Waals surface area (Å²) in [5.41, 5.74) is 1.45. The fourth-order valence-corrected chi connectivity index (χ4v) is 5.57. The maximum absolute atomic E-state index is 2.68. The molecule has 4 saturated heterocycles. The first-order chi connectivity index (χ1) is 12.1. The van der Waals surface area contributed by atoms with Crippen LogP contribution in [0.5, 0.6) is 0 Å². The van der Waals surface area contributed by atoms with E-state index < -0.39 is 0 Å². The van der Waals surface area contributed by atoms with Crippen LogP contribution in [0, 0.1) is 17.3 Å². The molecule has 0 amide bonds.